The monoisotopic (exact) mass is 382 g/mol. The van der Waals surface area contributed by atoms with Crippen LogP contribution < -0.4 is 5.32 Å². The number of carbonyl (C=O) groups is 3. The number of piperazine rings is 1. The van der Waals surface area contributed by atoms with Crippen molar-refractivity contribution in [2.24, 2.45) is 0 Å². The largest absolute Gasteiger partial charge is 0.450 e. The van der Waals surface area contributed by atoms with Crippen molar-refractivity contribution in [1.82, 2.24) is 14.8 Å². The lowest BCUT2D eigenvalue weighted by Crippen LogP contribution is -2.50. The molecule has 28 heavy (non-hydrogen) atoms. The van der Waals surface area contributed by atoms with Crippen molar-refractivity contribution in [1.29, 1.82) is 0 Å². The fourth-order valence-electron chi connectivity index (χ4n) is 2.92. The third-order valence-electron chi connectivity index (χ3n) is 4.38. The van der Waals surface area contributed by atoms with Crippen LogP contribution in [0, 0.1) is 0 Å². The van der Waals surface area contributed by atoms with Gasteiger partial charge in [-0.1, -0.05) is 6.07 Å². The molecule has 1 fully saturated rings. The Labute approximate surface area is 163 Å². The molecule has 1 aromatic heterocycles. The number of nitrogens with zero attached hydrogens (tertiary/aromatic N) is 3. The first-order valence-corrected chi connectivity index (χ1v) is 9.11. The van der Waals surface area contributed by atoms with Crippen molar-refractivity contribution in [3.8, 4) is 0 Å². The Bertz CT molecular complexity index is 848. The Kier molecular flexibility index (Phi) is 6.21. The zero-order valence-corrected chi connectivity index (χ0v) is 15.6. The summed E-state index contributed by atoms with van der Waals surface area (Å²) in [6, 6.07) is 10.2. The zero-order chi connectivity index (χ0) is 19.9. The van der Waals surface area contributed by atoms with Crippen LogP contribution in [-0.4, -0.2) is 65.5 Å². The topological polar surface area (TPSA) is 91.8 Å². The predicted octanol–water partition coefficient (Wildman–Crippen LogP) is 2.25. The molecule has 0 spiro atoms. The van der Waals surface area contributed by atoms with Crippen molar-refractivity contribution >= 4 is 23.6 Å². The minimum atomic E-state index is -0.352. The molecule has 0 aliphatic carbocycles. The van der Waals surface area contributed by atoms with Crippen LogP contribution in [0.25, 0.3) is 0 Å². The van der Waals surface area contributed by atoms with E-state index in [2.05, 4.69) is 10.3 Å². The highest BCUT2D eigenvalue weighted by molar-refractivity contribution is 6.05. The van der Waals surface area contributed by atoms with Crippen LogP contribution in [0.2, 0.25) is 0 Å². The maximum Gasteiger partial charge on any atom is 0.409 e. The molecule has 146 valence electrons. The number of ether oxygens (including phenoxy) is 1. The molecule has 0 atom stereocenters. The van der Waals surface area contributed by atoms with Crippen LogP contribution in [0.4, 0.5) is 10.5 Å². The molecular weight excluding hydrogens is 360 g/mol. The van der Waals surface area contributed by atoms with Crippen molar-refractivity contribution in [3.63, 3.8) is 0 Å². The molecule has 1 saturated heterocycles. The molecule has 2 heterocycles. The SMILES string of the molecule is CCOC(=O)N1CCN(C(=O)c2cccc(NC(=O)c3cccnc3)c2)CC1. The van der Waals surface area contributed by atoms with Gasteiger partial charge in [-0.25, -0.2) is 4.79 Å². The van der Waals surface area contributed by atoms with E-state index in [4.69, 9.17) is 4.74 Å². The summed E-state index contributed by atoms with van der Waals surface area (Å²) < 4.78 is 4.99. The van der Waals surface area contributed by atoms with Gasteiger partial charge in [-0.05, 0) is 37.3 Å². The van der Waals surface area contributed by atoms with E-state index in [1.54, 1.807) is 59.3 Å². The highest BCUT2D eigenvalue weighted by atomic mass is 16.6. The molecule has 3 rings (SSSR count). The van der Waals surface area contributed by atoms with Gasteiger partial charge in [0.1, 0.15) is 0 Å². The molecule has 8 nitrogen and oxygen atoms in total. The maximum absolute atomic E-state index is 12.8. The quantitative estimate of drug-likeness (QED) is 0.876. The van der Waals surface area contributed by atoms with Gasteiger partial charge >= 0.3 is 6.09 Å². The number of pyridine rings is 1. The molecule has 1 aliphatic rings. The fraction of sp³-hybridized carbons (Fsp3) is 0.300. The second kappa shape index (κ2) is 8.98. The Morgan fingerprint density at radius 1 is 1.04 bits per heavy atom. The van der Waals surface area contributed by atoms with Crippen LogP contribution in [0.15, 0.2) is 48.8 Å². The zero-order valence-electron chi connectivity index (χ0n) is 15.6. The molecule has 0 saturated carbocycles. The van der Waals surface area contributed by atoms with Gasteiger partial charge in [-0.15, -0.1) is 0 Å². The van der Waals surface area contributed by atoms with Gasteiger partial charge in [0.2, 0.25) is 0 Å². The van der Waals surface area contributed by atoms with Gasteiger partial charge in [0.05, 0.1) is 12.2 Å². The third-order valence-corrected chi connectivity index (χ3v) is 4.38. The molecule has 1 aliphatic heterocycles. The maximum atomic E-state index is 12.8. The van der Waals surface area contributed by atoms with Crippen LogP contribution in [0.1, 0.15) is 27.6 Å². The Morgan fingerprint density at radius 3 is 2.43 bits per heavy atom. The van der Waals surface area contributed by atoms with E-state index in [1.807, 2.05) is 0 Å². The van der Waals surface area contributed by atoms with Crippen LogP contribution >= 0.6 is 0 Å². The molecular formula is C20H22N4O4. The van der Waals surface area contributed by atoms with E-state index in [-0.39, 0.29) is 17.9 Å². The summed E-state index contributed by atoms with van der Waals surface area (Å²) in [7, 11) is 0. The number of hydrogen-bond acceptors (Lipinski definition) is 5. The first-order chi connectivity index (χ1) is 13.6. The van der Waals surface area contributed by atoms with Gasteiger partial charge in [0.15, 0.2) is 0 Å². The summed E-state index contributed by atoms with van der Waals surface area (Å²) in [5.41, 5.74) is 1.45. The Hall–Kier alpha value is -3.42. The number of carbonyl (C=O) groups excluding carboxylic acids is 3. The van der Waals surface area contributed by atoms with E-state index in [0.717, 1.165) is 0 Å². The second-order valence-electron chi connectivity index (χ2n) is 6.25. The lowest BCUT2D eigenvalue weighted by molar-refractivity contribution is 0.0570. The number of anilines is 1. The summed E-state index contributed by atoms with van der Waals surface area (Å²) in [6.07, 6.45) is 2.72. The van der Waals surface area contributed by atoms with E-state index in [9.17, 15) is 14.4 Å². The van der Waals surface area contributed by atoms with Gasteiger partial charge in [-0.3, -0.25) is 14.6 Å². The molecule has 8 heteroatoms. The minimum absolute atomic E-state index is 0.138. The van der Waals surface area contributed by atoms with E-state index >= 15 is 0 Å². The van der Waals surface area contributed by atoms with Crippen molar-refractivity contribution in [3.05, 3.63) is 59.9 Å². The Morgan fingerprint density at radius 2 is 1.75 bits per heavy atom. The number of nitrogens with one attached hydrogen (secondary N) is 1. The van der Waals surface area contributed by atoms with Gasteiger partial charge in [0.25, 0.3) is 11.8 Å². The second-order valence-corrected chi connectivity index (χ2v) is 6.25. The lowest BCUT2D eigenvalue weighted by Gasteiger charge is -2.34. The fourth-order valence-corrected chi connectivity index (χ4v) is 2.92. The molecule has 0 unspecified atom stereocenters. The van der Waals surface area contributed by atoms with E-state index < -0.39 is 0 Å². The summed E-state index contributed by atoms with van der Waals surface area (Å²) in [5.74, 6) is -0.429. The highest BCUT2D eigenvalue weighted by Crippen LogP contribution is 2.15. The molecule has 3 amide bonds. The number of benzene rings is 1. The summed E-state index contributed by atoms with van der Waals surface area (Å²) in [6.45, 7) is 3.82. The van der Waals surface area contributed by atoms with Crippen molar-refractivity contribution in [2.45, 2.75) is 6.92 Å². The Balaban J connectivity index is 1.61. The van der Waals surface area contributed by atoms with Gasteiger partial charge < -0.3 is 19.9 Å². The average Bonchev–Trinajstić information content (AvgIpc) is 2.74. The number of hydrogen-bond donors (Lipinski definition) is 1. The lowest BCUT2D eigenvalue weighted by atomic mass is 10.1. The minimum Gasteiger partial charge on any atom is -0.450 e. The van der Waals surface area contributed by atoms with Crippen molar-refractivity contribution in [2.75, 3.05) is 38.1 Å². The number of aromatic nitrogens is 1. The smallest absolute Gasteiger partial charge is 0.409 e. The van der Waals surface area contributed by atoms with Gasteiger partial charge in [-0.2, -0.15) is 0 Å². The first-order valence-electron chi connectivity index (χ1n) is 9.11. The predicted molar refractivity (Wildman–Crippen MR) is 103 cm³/mol. The number of rotatable bonds is 4. The van der Waals surface area contributed by atoms with Crippen LogP contribution in [-0.2, 0) is 4.74 Å². The highest BCUT2D eigenvalue weighted by Gasteiger charge is 2.25. The van der Waals surface area contributed by atoms with Crippen LogP contribution in [0.3, 0.4) is 0 Å². The summed E-state index contributed by atoms with van der Waals surface area (Å²) >= 11 is 0. The van der Waals surface area contributed by atoms with Crippen LogP contribution in [0.5, 0.6) is 0 Å². The average molecular weight is 382 g/mol. The van der Waals surface area contributed by atoms with Gasteiger partial charge in [0, 0.05) is 49.8 Å². The third kappa shape index (κ3) is 4.64. The standard InChI is InChI=1S/C20H22N4O4/c1-2-28-20(27)24-11-9-23(10-12-24)19(26)15-5-3-7-17(13-15)22-18(25)16-6-4-8-21-14-16/h3-8,13-14H,2,9-12H2,1H3,(H,22,25). The van der Waals surface area contributed by atoms with Crippen molar-refractivity contribution < 1.29 is 19.1 Å². The molecule has 1 N–H and O–H groups in total. The summed E-state index contributed by atoms with van der Waals surface area (Å²) in [4.78, 5) is 44.0. The molecule has 0 radical (unpaired) electrons. The number of amides is 3. The molecule has 0 bridgehead atoms. The van der Waals surface area contributed by atoms with E-state index in [1.165, 1.54) is 6.20 Å². The first kappa shape index (κ1) is 19.3. The molecule has 1 aromatic carbocycles. The van der Waals surface area contributed by atoms with E-state index in [0.29, 0.717) is 49.6 Å². The normalized spacial score (nSPS) is 13.8. The molecule has 2 aromatic rings. The summed E-state index contributed by atoms with van der Waals surface area (Å²) in [5, 5.41) is 2.77.